The van der Waals surface area contributed by atoms with Crippen molar-refractivity contribution in [3.63, 3.8) is 0 Å². The fourth-order valence-corrected chi connectivity index (χ4v) is 2.52. The van der Waals surface area contributed by atoms with E-state index >= 15 is 0 Å². The van der Waals surface area contributed by atoms with Crippen LogP contribution in [0.1, 0.15) is 12.0 Å². The molecule has 0 spiro atoms. The fourth-order valence-electron chi connectivity index (χ4n) is 2.52. The highest BCUT2D eigenvalue weighted by molar-refractivity contribution is 6.38. The van der Waals surface area contributed by atoms with Crippen LogP contribution >= 0.6 is 0 Å². The Morgan fingerprint density at radius 1 is 0.889 bits per heavy atom. The van der Waals surface area contributed by atoms with Gasteiger partial charge < -0.3 is 0 Å². The van der Waals surface area contributed by atoms with Crippen LogP contribution in [0.25, 0.3) is 5.57 Å². The number of carbonyl (C=O) groups is 2. The summed E-state index contributed by atoms with van der Waals surface area (Å²) in [5.74, 6) is -0.144. The van der Waals surface area contributed by atoms with E-state index in [4.69, 9.17) is 0 Å². The summed E-state index contributed by atoms with van der Waals surface area (Å²) < 4.78 is 0. The molecule has 0 saturated carbocycles. The van der Waals surface area contributed by atoms with E-state index in [1.165, 1.54) is 0 Å². The Balaban J connectivity index is 2.17. The topological polar surface area (TPSA) is 34.1 Å². The van der Waals surface area contributed by atoms with Crippen molar-refractivity contribution in [2.75, 3.05) is 0 Å². The van der Waals surface area contributed by atoms with E-state index in [9.17, 15) is 9.59 Å². The summed E-state index contributed by atoms with van der Waals surface area (Å²) in [5.41, 5.74) is 2.09. The Kier molecular flexibility index (Phi) is 2.56. The molecule has 0 unspecified atom stereocenters. The number of benzene rings is 1. The van der Waals surface area contributed by atoms with Crippen LogP contribution < -0.4 is 0 Å². The monoisotopic (exact) mass is 236 g/mol. The van der Waals surface area contributed by atoms with Gasteiger partial charge in [-0.2, -0.15) is 0 Å². The van der Waals surface area contributed by atoms with Crippen molar-refractivity contribution < 1.29 is 9.59 Å². The Morgan fingerprint density at radius 3 is 2.22 bits per heavy atom. The van der Waals surface area contributed by atoms with Crippen molar-refractivity contribution in [2.24, 2.45) is 5.92 Å². The van der Waals surface area contributed by atoms with Crippen molar-refractivity contribution in [1.29, 1.82) is 0 Å². The average molecular weight is 236 g/mol. The Morgan fingerprint density at radius 2 is 1.56 bits per heavy atom. The van der Waals surface area contributed by atoms with Gasteiger partial charge in [-0.3, -0.25) is 9.59 Å². The zero-order valence-corrected chi connectivity index (χ0v) is 9.80. The van der Waals surface area contributed by atoms with Gasteiger partial charge in [0.1, 0.15) is 0 Å². The molecule has 0 saturated heterocycles. The zero-order chi connectivity index (χ0) is 12.5. The normalized spacial score (nSPS) is 19.3. The summed E-state index contributed by atoms with van der Waals surface area (Å²) in [5, 5.41) is 0. The molecule has 0 aliphatic heterocycles. The second-order valence-corrected chi connectivity index (χ2v) is 4.47. The predicted octanol–water partition coefficient (Wildman–Crippen LogP) is 2.72. The van der Waals surface area contributed by atoms with Gasteiger partial charge in [0.2, 0.25) is 0 Å². The molecule has 2 aliphatic rings. The van der Waals surface area contributed by atoms with Crippen LogP contribution in [0.4, 0.5) is 0 Å². The van der Waals surface area contributed by atoms with Gasteiger partial charge in [-0.25, -0.2) is 0 Å². The third-order valence-corrected chi connectivity index (χ3v) is 3.31. The molecular weight excluding hydrogens is 224 g/mol. The number of Topliss-reactive ketones (excluding diaryl/α,β-unsaturated/α-hetero) is 2. The van der Waals surface area contributed by atoms with Crippen molar-refractivity contribution in [2.45, 2.75) is 6.42 Å². The van der Waals surface area contributed by atoms with E-state index in [0.717, 1.165) is 5.56 Å². The summed E-state index contributed by atoms with van der Waals surface area (Å²) in [6.45, 7) is 0. The molecule has 0 aromatic heterocycles. The number of hydrogen-bond donors (Lipinski definition) is 0. The van der Waals surface area contributed by atoms with Crippen LogP contribution in [-0.4, -0.2) is 11.6 Å². The minimum Gasteiger partial charge on any atom is -0.294 e. The second kappa shape index (κ2) is 4.22. The second-order valence-electron chi connectivity index (χ2n) is 4.47. The first-order valence-electron chi connectivity index (χ1n) is 5.98. The quantitative estimate of drug-likeness (QED) is 0.740. The Labute approximate surface area is 105 Å². The van der Waals surface area contributed by atoms with E-state index in [1.807, 2.05) is 54.6 Å². The van der Waals surface area contributed by atoms with Crippen LogP contribution in [0, 0.1) is 5.92 Å². The number of ketones is 2. The molecular formula is C16H12O2. The lowest BCUT2D eigenvalue weighted by Gasteiger charge is -2.09. The Bertz CT molecular complexity index is 591. The van der Waals surface area contributed by atoms with Crippen molar-refractivity contribution in [3.8, 4) is 0 Å². The predicted molar refractivity (Wildman–Crippen MR) is 69.8 cm³/mol. The third-order valence-electron chi connectivity index (χ3n) is 3.31. The maximum absolute atomic E-state index is 12.0. The van der Waals surface area contributed by atoms with E-state index in [2.05, 4.69) is 0 Å². The first-order valence-corrected chi connectivity index (χ1v) is 5.98. The lowest BCUT2D eigenvalue weighted by atomic mass is 9.93. The van der Waals surface area contributed by atoms with Crippen molar-refractivity contribution >= 4 is 17.1 Å². The number of carbonyl (C=O) groups excluding carboxylic acids is 2. The third kappa shape index (κ3) is 1.66. The molecule has 2 heteroatoms. The maximum atomic E-state index is 12.0. The molecule has 88 valence electrons. The summed E-state index contributed by atoms with van der Waals surface area (Å²) in [6, 6.07) is 9.44. The summed E-state index contributed by atoms with van der Waals surface area (Å²) in [6.07, 6.45) is 7.74. The average Bonchev–Trinajstić information content (AvgIpc) is 2.97. The summed E-state index contributed by atoms with van der Waals surface area (Å²) in [4.78, 5) is 24.0. The first-order chi connectivity index (χ1) is 8.77. The molecule has 0 radical (unpaired) electrons. The molecule has 0 fully saturated rings. The van der Waals surface area contributed by atoms with Gasteiger partial charge in [-0.1, -0.05) is 54.6 Å². The van der Waals surface area contributed by atoms with Gasteiger partial charge in [0.25, 0.3) is 0 Å². The van der Waals surface area contributed by atoms with E-state index in [0.29, 0.717) is 11.1 Å². The van der Waals surface area contributed by atoms with Crippen molar-refractivity contribution in [1.82, 2.24) is 0 Å². The summed E-state index contributed by atoms with van der Waals surface area (Å²) in [7, 11) is 0. The first kappa shape index (κ1) is 10.9. The molecule has 2 nitrogen and oxygen atoms in total. The minimum absolute atomic E-state index is 0.0116. The Hall–Kier alpha value is -2.22. The molecule has 18 heavy (non-hydrogen) atoms. The highest BCUT2D eigenvalue weighted by Crippen LogP contribution is 2.35. The fraction of sp³-hybridized carbons (Fsp3) is 0.125. The SMILES string of the molecule is O=C1CC(=O)C(C2C=CC=C2)=C1c1ccccc1. The highest BCUT2D eigenvalue weighted by Gasteiger charge is 2.34. The molecule has 0 amide bonds. The zero-order valence-electron chi connectivity index (χ0n) is 9.80. The van der Waals surface area contributed by atoms with Crippen LogP contribution in [0.15, 0.2) is 60.2 Å². The van der Waals surface area contributed by atoms with Gasteiger partial charge in [-0.05, 0) is 5.56 Å². The number of allylic oxidation sites excluding steroid dienone is 6. The highest BCUT2D eigenvalue weighted by atomic mass is 16.2. The molecule has 3 rings (SSSR count). The molecule has 0 N–H and O–H groups in total. The minimum atomic E-state index is -0.0603. The molecule has 0 heterocycles. The number of rotatable bonds is 2. The van der Waals surface area contributed by atoms with Crippen LogP contribution in [-0.2, 0) is 9.59 Å². The van der Waals surface area contributed by atoms with Gasteiger partial charge in [0.05, 0.1) is 6.42 Å². The molecule has 1 aromatic rings. The number of hydrogen-bond acceptors (Lipinski definition) is 2. The molecule has 1 aromatic carbocycles. The molecule has 0 atom stereocenters. The lowest BCUT2D eigenvalue weighted by molar-refractivity contribution is -0.120. The smallest absolute Gasteiger partial charge is 0.171 e. The van der Waals surface area contributed by atoms with Gasteiger partial charge in [-0.15, -0.1) is 0 Å². The molecule has 0 bridgehead atoms. The maximum Gasteiger partial charge on any atom is 0.171 e. The van der Waals surface area contributed by atoms with Crippen molar-refractivity contribution in [3.05, 3.63) is 65.8 Å². The van der Waals surface area contributed by atoms with Gasteiger partial charge >= 0.3 is 0 Å². The summed E-state index contributed by atoms with van der Waals surface area (Å²) >= 11 is 0. The lowest BCUT2D eigenvalue weighted by Crippen LogP contribution is -2.04. The van der Waals surface area contributed by atoms with Gasteiger partial charge in [0.15, 0.2) is 11.6 Å². The van der Waals surface area contributed by atoms with Crippen LogP contribution in [0.2, 0.25) is 0 Å². The van der Waals surface area contributed by atoms with E-state index < -0.39 is 0 Å². The standard InChI is InChI=1S/C16H12O2/c17-13-10-14(18)16(12-8-4-5-9-12)15(13)11-6-2-1-3-7-11/h1-9,12H,10H2. The largest absolute Gasteiger partial charge is 0.294 e. The molecule has 2 aliphatic carbocycles. The van der Waals surface area contributed by atoms with E-state index in [1.54, 1.807) is 0 Å². The van der Waals surface area contributed by atoms with Crippen LogP contribution in [0.3, 0.4) is 0 Å². The van der Waals surface area contributed by atoms with Gasteiger partial charge in [0, 0.05) is 17.1 Å². The van der Waals surface area contributed by atoms with E-state index in [-0.39, 0.29) is 23.9 Å². The van der Waals surface area contributed by atoms with Crippen LogP contribution in [0.5, 0.6) is 0 Å².